The van der Waals surface area contributed by atoms with Crippen LogP contribution in [0.4, 0.5) is 4.79 Å². The van der Waals surface area contributed by atoms with Gasteiger partial charge in [-0.25, -0.2) is 17.5 Å². The number of rotatable bonds is 4. The predicted octanol–water partition coefficient (Wildman–Crippen LogP) is 3.41. The van der Waals surface area contributed by atoms with Crippen LogP contribution < -0.4 is 0 Å². The maximum atomic E-state index is 13.1. The molecule has 1 aliphatic heterocycles. The molecule has 2 aromatic rings. The van der Waals surface area contributed by atoms with E-state index < -0.39 is 24.1 Å². The summed E-state index contributed by atoms with van der Waals surface area (Å²) in [6.45, 7) is 6.57. The molecule has 26 heavy (non-hydrogen) atoms. The van der Waals surface area contributed by atoms with Gasteiger partial charge < -0.3 is 4.90 Å². The zero-order chi connectivity index (χ0) is 18.9. The first-order chi connectivity index (χ1) is 12.2. The molecule has 0 aromatic heterocycles. The fraction of sp³-hybridized carbons (Fsp3) is 0.316. The molecule has 0 aliphatic carbocycles. The van der Waals surface area contributed by atoms with Crippen LogP contribution in [0.1, 0.15) is 11.1 Å². The summed E-state index contributed by atoms with van der Waals surface area (Å²) < 4.78 is 27.3. The minimum absolute atomic E-state index is 0.169. The first-order valence-corrected chi connectivity index (χ1v) is 13.5. The van der Waals surface area contributed by atoms with Gasteiger partial charge in [0.25, 0.3) is 10.0 Å². The Balaban J connectivity index is 1.93. The fourth-order valence-corrected chi connectivity index (χ4v) is 8.28. The number of carbonyl (C=O) groups excluding carboxylic acids is 1. The van der Waals surface area contributed by atoms with Crippen LogP contribution in [0.15, 0.2) is 59.5 Å². The zero-order valence-corrected chi connectivity index (χ0v) is 17.2. The van der Waals surface area contributed by atoms with Crippen molar-refractivity contribution >= 4 is 24.1 Å². The van der Waals surface area contributed by atoms with Gasteiger partial charge in [-0.3, -0.25) is 0 Å². The number of urea groups is 1. The SMILES string of the molecule is Cc1ccc(S(=O)(=O)N2C[Si](C)(C)CN(Cc3ccccc3)C2=O)cc1. The smallest absolute Gasteiger partial charge is 0.322 e. The number of amides is 2. The molecule has 0 radical (unpaired) electrons. The second-order valence-electron chi connectivity index (χ2n) is 7.61. The third kappa shape index (κ3) is 3.83. The highest BCUT2D eigenvalue weighted by Crippen LogP contribution is 2.26. The molecule has 1 aliphatic rings. The molecular weight excluding hydrogens is 364 g/mol. The van der Waals surface area contributed by atoms with Gasteiger partial charge >= 0.3 is 6.03 Å². The molecule has 1 heterocycles. The van der Waals surface area contributed by atoms with Crippen molar-refractivity contribution in [3.8, 4) is 0 Å². The van der Waals surface area contributed by atoms with Crippen molar-refractivity contribution in [3.05, 3.63) is 65.7 Å². The van der Waals surface area contributed by atoms with Crippen LogP contribution in [0.2, 0.25) is 13.1 Å². The Kier molecular flexibility index (Phi) is 4.94. The van der Waals surface area contributed by atoms with Gasteiger partial charge in [0.2, 0.25) is 0 Å². The van der Waals surface area contributed by atoms with Gasteiger partial charge in [0, 0.05) is 18.9 Å². The summed E-state index contributed by atoms with van der Waals surface area (Å²) in [4.78, 5) is 14.8. The number of benzene rings is 2. The van der Waals surface area contributed by atoms with Crippen molar-refractivity contribution in [3.63, 3.8) is 0 Å². The van der Waals surface area contributed by atoms with E-state index in [0.717, 1.165) is 15.4 Å². The van der Waals surface area contributed by atoms with Crippen molar-refractivity contribution in [2.24, 2.45) is 0 Å². The van der Waals surface area contributed by atoms with Crippen molar-refractivity contribution in [1.29, 1.82) is 0 Å². The van der Waals surface area contributed by atoms with E-state index in [9.17, 15) is 13.2 Å². The van der Waals surface area contributed by atoms with Crippen molar-refractivity contribution in [2.45, 2.75) is 31.5 Å². The van der Waals surface area contributed by atoms with Gasteiger partial charge in [-0.15, -0.1) is 0 Å². The number of nitrogens with zero attached hydrogens (tertiary/aromatic N) is 2. The summed E-state index contributed by atoms with van der Waals surface area (Å²) in [5.74, 6) is 0. The number of hydrogen-bond donors (Lipinski definition) is 0. The number of carbonyl (C=O) groups is 1. The highest BCUT2D eigenvalue weighted by atomic mass is 32.2. The number of sulfonamides is 1. The lowest BCUT2D eigenvalue weighted by atomic mass is 10.2. The Morgan fingerprint density at radius 1 is 0.962 bits per heavy atom. The summed E-state index contributed by atoms with van der Waals surface area (Å²) in [6.07, 6.45) is 0.966. The van der Waals surface area contributed by atoms with Crippen LogP contribution in [-0.4, -0.2) is 44.1 Å². The second-order valence-corrected chi connectivity index (χ2v) is 14.4. The van der Waals surface area contributed by atoms with Gasteiger partial charge in [0.05, 0.1) is 13.0 Å². The van der Waals surface area contributed by atoms with E-state index >= 15 is 0 Å². The Labute approximate surface area is 156 Å². The summed E-state index contributed by atoms with van der Waals surface area (Å²) >= 11 is 0. The van der Waals surface area contributed by atoms with E-state index in [0.29, 0.717) is 18.9 Å². The van der Waals surface area contributed by atoms with Crippen LogP contribution in [0, 0.1) is 6.92 Å². The van der Waals surface area contributed by atoms with E-state index in [1.165, 1.54) is 0 Å². The quantitative estimate of drug-likeness (QED) is 0.754. The van der Waals surface area contributed by atoms with Gasteiger partial charge in [-0.05, 0) is 24.6 Å². The van der Waals surface area contributed by atoms with Gasteiger partial charge in [0.15, 0.2) is 0 Å². The maximum Gasteiger partial charge on any atom is 0.333 e. The topological polar surface area (TPSA) is 57.7 Å². The Hall–Kier alpha value is -2.12. The molecule has 0 bridgehead atoms. The number of hydrogen-bond acceptors (Lipinski definition) is 3. The van der Waals surface area contributed by atoms with Gasteiger partial charge in [-0.2, -0.15) is 0 Å². The van der Waals surface area contributed by atoms with Gasteiger partial charge in [-0.1, -0.05) is 61.1 Å². The summed E-state index contributed by atoms with van der Waals surface area (Å²) in [6, 6.07) is 15.9. The molecule has 0 unspecified atom stereocenters. The molecule has 2 aromatic carbocycles. The van der Waals surface area contributed by atoms with E-state index in [1.54, 1.807) is 29.2 Å². The van der Waals surface area contributed by atoms with Crippen LogP contribution >= 0.6 is 0 Å². The lowest BCUT2D eigenvalue weighted by molar-refractivity contribution is 0.179. The van der Waals surface area contributed by atoms with Crippen LogP contribution in [0.3, 0.4) is 0 Å². The first-order valence-electron chi connectivity index (χ1n) is 8.61. The van der Waals surface area contributed by atoms with Crippen LogP contribution in [-0.2, 0) is 16.6 Å². The lowest BCUT2D eigenvalue weighted by Crippen LogP contribution is -2.63. The molecule has 2 amide bonds. The average Bonchev–Trinajstić information content (AvgIpc) is 2.59. The monoisotopic (exact) mass is 388 g/mol. The second kappa shape index (κ2) is 6.89. The van der Waals surface area contributed by atoms with E-state index in [1.807, 2.05) is 37.3 Å². The molecular formula is C19H24N2O3SSi. The minimum Gasteiger partial charge on any atom is -0.322 e. The summed E-state index contributed by atoms with van der Waals surface area (Å²) in [5, 5.41) is 0. The van der Waals surface area contributed by atoms with Crippen molar-refractivity contribution in [1.82, 2.24) is 9.21 Å². The Bertz CT molecular complexity index is 896. The average molecular weight is 389 g/mol. The fourth-order valence-electron chi connectivity index (χ4n) is 3.20. The Morgan fingerprint density at radius 2 is 1.58 bits per heavy atom. The Morgan fingerprint density at radius 3 is 2.19 bits per heavy atom. The van der Waals surface area contributed by atoms with Gasteiger partial charge in [0.1, 0.15) is 0 Å². The standard InChI is InChI=1S/C19H24N2O3SSi/c1-16-9-11-18(12-10-16)25(23,24)21-15-26(2,3)14-20(19(21)22)13-17-7-5-4-6-8-17/h4-12H,13-15H2,1-3H3. The summed E-state index contributed by atoms with van der Waals surface area (Å²) in [7, 11) is -5.76. The van der Waals surface area contributed by atoms with E-state index in [-0.39, 0.29) is 4.90 Å². The molecule has 0 saturated carbocycles. The third-order valence-electron chi connectivity index (χ3n) is 4.50. The maximum absolute atomic E-state index is 13.1. The van der Waals surface area contributed by atoms with E-state index in [2.05, 4.69) is 13.1 Å². The largest absolute Gasteiger partial charge is 0.333 e. The highest BCUT2D eigenvalue weighted by Gasteiger charge is 2.43. The molecule has 0 N–H and O–H groups in total. The van der Waals surface area contributed by atoms with Crippen molar-refractivity contribution < 1.29 is 13.2 Å². The molecule has 0 spiro atoms. The molecule has 5 nitrogen and oxygen atoms in total. The van der Waals surface area contributed by atoms with Crippen LogP contribution in [0.25, 0.3) is 0 Å². The van der Waals surface area contributed by atoms with Crippen molar-refractivity contribution in [2.75, 3.05) is 12.3 Å². The molecule has 3 rings (SSSR count). The third-order valence-corrected chi connectivity index (χ3v) is 8.87. The number of aryl methyl sites for hydroxylation is 1. The molecule has 138 valence electrons. The highest BCUT2D eigenvalue weighted by molar-refractivity contribution is 7.89. The first kappa shape index (κ1) is 18.7. The molecule has 1 fully saturated rings. The molecule has 7 heteroatoms. The normalized spacial score (nSPS) is 17.4. The van der Waals surface area contributed by atoms with E-state index in [4.69, 9.17) is 0 Å². The lowest BCUT2D eigenvalue weighted by Gasteiger charge is -2.42. The molecule has 0 atom stereocenters. The minimum atomic E-state index is -3.85. The molecule has 1 saturated heterocycles. The zero-order valence-electron chi connectivity index (χ0n) is 15.3. The predicted molar refractivity (Wildman–Crippen MR) is 105 cm³/mol. The van der Waals surface area contributed by atoms with Crippen LogP contribution in [0.5, 0.6) is 0 Å². The summed E-state index contributed by atoms with van der Waals surface area (Å²) in [5.41, 5.74) is 1.98.